The van der Waals surface area contributed by atoms with E-state index in [9.17, 15) is 0 Å². The van der Waals surface area contributed by atoms with Crippen molar-refractivity contribution in [2.45, 2.75) is 58.9 Å². The molecule has 3 N–H and O–H groups in total. The van der Waals surface area contributed by atoms with Crippen molar-refractivity contribution in [2.24, 2.45) is 17.7 Å². The fourth-order valence-corrected chi connectivity index (χ4v) is 3.78. The van der Waals surface area contributed by atoms with Gasteiger partial charge in [0.15, 0.2) is 0 Å². The van der Waals surface area contributed by atoms with E-state index in [4.69, 9.17) is 5.84 Å². The summed E-state index contributed by atoms with van der Waals surface area (Å²) in [5.74, 6) is 7.48. The van der Waals surface area contributed by atoms with Crippen LogP contribution in [0, 0.1) is 25.7 Å². The molecule has 2 heteroatoms. The molecule has 0 aromatic heterocycles. The highest BCUT2D eigenvalue weighted by atomic mass is 15.2. The van der Waals surface area contributed by atoms with Crippen LogP contribution in [0.4, 0.5) is 0 Å². The molecule has 106 valence electrons. The predicted octanol–water partition coefficient (Wildman–Crippen LogP) is 4.02. The Morgan fingerprint density at radius 1 is 1.26 bits per heavy atom. The first-order chi connectivity index (χ1) is 9.17. The second-order valence-corrected chi connectivity index (χ2v) is 6.15. The molecule has 19 heavy (non-hydrogen) atoms. The average Bonchev–Trinajstić information content (AvgIpc) is 2.43. The molecular formula is C17H28N2. The fourth-order valence-electron chi connectivity index (χ4n) is 3.78. The second-order valence-electron chi connectivity index (χ2n) is 6.15. The molecule has 0 bridgehead atoms. The quantitative estimate of drug-likeness (QED) is 0.634. The summed E-state index contributed by atoms with van der Waals surface area (Å²) < 4.78 is 0. The molecule has 0 heterocycles. The molecule has 0 radical (unpaired) electrons. The van der Waals surface area contributed by atoms with Crippen LogP contribution in [0.2, 0.25) is 0 Å². The molecule has 1 saturated carbocycles. The molecule has 1 aliphatic rings. The molecule has 1 aromatic carbocycles. The number of hydrazine groups is 1. The molecule has 3 unspecified atom stereocenters. The molecule has 0 spiro atoms. The predicted molar refractivity (Wildman–Crippen MR) is 81.7 cm³/mol. The summed E-state index contributed by atoms with van der Waals surface area (Å²) in [5, 5.41) is 0. The maximum atomic E-state index is 5.91. The summed E-state index contributed by atoms with van der Waals surface area (Å²) in [7, 11) is 0. The number of nitrogens with one attached hydrogen (secondary N) is 1. The first-order valence-corrected chi connectivity index (χ1v) is 7.69. The number of rotatable bonds is 4. The van der Waals surface area contributed by atoms with Crippen molar-refractivity contribution in [3.05, 3.63) is 34.9 Å². The van der Waals surface area contributed by atoms with Gasteiger partial charge in [-0.05, 0) is 55.2 Å². The molecule has 1 fully saturated rings. The summed E-state index contributed by atoms with van der Waals surface area (Å²) in [4.78, 5) is 0. The largest absolute Gasteiger partial charge is 0.271 e. The van der Waals surface area contributed by atoms with E-state index in [1.54, 1.807) is 0 Å². The lowest BCUT2D eigenvalue weighted by molar-refractivity contribution is 0.209. The third-order valence-corrected chi connectivity index (χ3v) is 4.90. The normalized spacial score (nSPS) is 25.3. The molecule has 2 nitrogen and oxygen atoms in total. The maximum Gasteiger partial charge on any atom is 0.0493 e. The van der Waals surface area contributed by atoms with Gasteiger partial charge in [-0.2, -0.15) is 0 Å². The highest BCUT2D eigenvalue weighted by molar-refractivity contribution is 5.36. The highest BCUT2D eigenvalue weighted by Gasteiger charge is 2.29. The molecule has 0 saturated heterocycles. The maximum absolute atomic E-state index is 5.91. The van der Waals surface area contributed by atoms with Crippen molar-refractivity contribution in [1.29, 1.82) is 0 Å². The standard InChI is InChI=1S/C17H28N2/c1-4-14-9-6-10-15(11-14)17(19-18)16-12(2)7-5-8-13(16)3/h5,7-8,14-15,17,19H,4,6,9-11,18H2,1-3H3. The lowest BCUT2D eigenvalue weighted by atomic mass is 9.74. The Kier molecular flexibility index (Phi) is 5.00. The van der Waals surface area contributed by atoms with Gasteiger partial charge in [-0.3, -0.25) is 11.3 Å². The van der Waals surface area contributed by atoms with Crippen LogP contribution in [0.5, 0.6) is 0 Å². The van der Waals surface area contributed by atoms with Gasteiger partial charge in [-0.15, -0.1) is 0 Å². The van der Waals surface area contributed by atoms with Gasteiger partial charge in [0, 0.05) is 6.04 Å². The second kappa shape index (κ2) is 6.53. The molecule has 1 aliphatic carbocycles. The molecule has 2 rings (SSSR count). The van der Waals surface area contributed by atoms with Crippen LogP contribution in [-0.2, 0) is 0 Å². The topological polar surface area (TPSA) is 38.0 Å². The van der Waals surface area contributed by atoms with Crippen molar-refractivity contribution in [1.82, 2.24) is 5.43 Å². The van der Waals surface area contributed by atoms with Crippen molar-refractivity contribution >= 4 is 0 Å². The van der Waals surface area contributed by atoms with E-state index in [1.807, 2.05) is 0 Å². The third kappa shape index (κ3) is 3.18. The first kappa shape index (κ1) is 14.5. The van der Waals surface area contributed by atoms with E-state index in [2.05, 4.69) is 44.4 Å². The lowest BCUT2D eigenvalue weighted by Gasteiger charge is -2.35. The number of aryl methyl sites for hydroxylation is 2. The SMILES string of the molecule is CCC1CCCC(C(NN)c2c(C)cccc2C)C1. The lowest BCUT2D eigenvalue weighted by Crippen LogP contribution is -2.36. The number of hydrogen-bond donors (Lipinski definition) is 2. The summed E-state index contributed by atoms with van der Waals surface area (Å²) >= 11 is 0. The van der Waals surface area contributed by atoms with Crippen LogP contribution in [0.3, 0.4) is 0 Å². The molecule has 1 aromatic rings. The Morgan fingerprint density at radius 2 is 1.95 bits per heavy atom. The van der Waals surface area contributed by atoms with Gasteiger partial charge in [-0.25, -0.2) is 0 Å². The molecule has 0 amide bonds. The van der Waals surface area contributed by atoms with Crippen molar-refractivity contribution in [3.63, 3.8) is 0 Å². The van der Waals surface area contributed by atoms with E-state index in [-0.39, 0.29) is 0 Å². The minimum Gasteiger partial charge on any atom is -0.271 e. The zero-order valence-electron chi connectivity index (χ0n) is 12.6. The first-order valence-electron chi connectivity index (χ1n) is 7.69. The zero-order chi connectivity index (χ0) is 13.8. The number of hydrogen-bond acceptors (Lipinski definition) is 2. The highest BCUT2D eigenvalue weighted by Crippen LogP contribution is 2.39. The van der Waals surface area contributed by atoms with Crippen molar-refractivity contribution < 1.29 is 0 Å². The van der Waals surface area contributed by atoms with Crippen molar-refractivity contribution in [2.75, 3.05) is 0 Å². The van der Waals surface area contributed by atoms with Crippen LogP contribution >= 0.6 is 0 Å². The van der Waals surface area contributed by atoms with Gasteiger partial charge in [0.25, 0.3) is 0 Å². The Balaban J connectivity index is 2.24. The summed E-state index contributed by atoms with van der Waals surface area (Å²) in [6.07, 6.45) is 6.68. The van der Waals surface area contributed by atoms with Gasteiger partial charge in [-0.1, -0.05) is 44.4 Å². The Bertz CT molecular complexity index is 393. The van der Waals surface area contributed by atoms with Crippen molar-refractivity contribution in [3.8, 4) is 0 Å². The van der Waals surface area contributed by atoms with Gasteiger partial charge in [0.2, 0.25) is 0 Å². The van der Waals surface area contributed by atoms with Crippen LogP contribution in [0.25, 0.3) is 0 Å². The Hall–Kier alpha value is -0.860. The minimum absolute atomic E-state index is 0.315. The third-order valence-electron chi connectivity index (χ3n) is 4.90. The van der Waals surface area contributed by atoms with E-state index < -0.39 is 0 Å². The summed E-state index contributed by atoms with van der Waals surface area (Å²) in [6, 6.07) is 6.85. The van der Waals surface area contributed by atoms with Crippen LogP contribution in [0.15, 0.2) is 18.2 Å². The van der Waals surface area contributed by atoms with E-state index in [0.29, 0.717) is 12.0 Å². The van der Waals surface area contributed by atoms with Crippen LogP contribution in [0.1, 0.15) is 61.8 Å². The molecule has 0 aliphatic heterocycles. The van der Waals surface area contributed by atoms with Crippen LogP contribution < -0.4 is 11.3 Å². The van der Waals surface area contributed by atoms with E-state index in [1.165, 1.54) is 48.8 Å². The number of benzene rings is 1. The zero-order valence-corrected chi connectivity index (χ0v) is 12.6. The van der Waals surface area contributed by atoms with Gasteiger partial charge in [0.05, 0.1) is 0 Å². The van der Waals surface area contributed by atoms with Gasteiger partial charge >= 0.3 is 0 Å². The van der Waals surface area contributed by atoms with E-state index in [0.717, 1.165) is 5.92 Å². The minimum atomic E-state index is 0.315. The number of nitrogens with two attached hydrogens (primary N) is 1. The Labute approximate surface area is 117 Å². The van der Waals surface area contributed by atoms with E-state index >= 15 is 0 Å². The average molecular weight is 260 g/mol. The summed E-state index contributed by atoms with van der Waals surface area (Å²) in [6.45, 7) is 6.72. The molecular weight excluding hydrogens is 232 g/mol. The molecule has 3 atom stereocenters. The van der Waals surface area contributed by atoms with Gasteiger partial charge < -0.3 is 0 Å². The summed E-state index contributed by atoms with van der Waals surface area (Å²) in [5.41, 5.74) is 7.26. The fraction of sp³-hybridized carbons (Fsp3) is 0.647. The Morgan fingerprint density at radius 3 is 2.53 bits per heavy atom. The van der Waals surface area contributed by atoms with Gasteiger partial charge in [0.1, 0.15) is 0 Å². The van der Waals surface area contributed by atoms with Crippen LogP contribution in [-0.4, -0.2) is 0 Å². The smallest absolute Gasteiger partial charge is 0.0493 e. The monoisotopic (exact) mass is 260 g/mol.